The Bertz CT molecular complexity index is 734. The van der Waals surface area contributed by atoms with Crippen LogP contribution >= 0.6 is 15.9 Å². The van der Waals surface area contributed by atoms with E-state index in [0.29, 0.717) is 13.0 Å². The van der Waals surface area contributed by atoms with Crippen molar-refractivity contribution in [1.29, 1.82) is 0 Å². The van der Waals surface area contributed by atoms with Gasteiger partial charge in [0, 0.05) is 38.2 Å². The van der Waals surface area contributed by atoms with Crippen molar-refractivity contribution in [3.63, 3.8) is 0 Å². The fourth-order valence-electron chi connectivity index (χ4n) is 3.60. The number of aromatic nitrogens is 1. The van der Waals surface area contributed by atoms with Crippen molar-refractivity contribution in [3.8, 4) is 0 Å². The molecule has 0 aromatic carbocycles. The summed E-state index contributed by atoms with van der Waals surface area (Å²) in [5.41, 5.74) is 0.419. The van der Waals surface area contributed by atoms with Gasteiger partial charge in [-0.3, -0.25) is 9.69 Å². The molecule has 0 saturated carbocycles. The van der Waals surface area contributed by atoms with Crippen molar-refractivity contribution in [3.05, 3.63) is 22.3 Å². The molecular weight excluding hydrogens is 412 g/mol. The van der Waals surface area contributed by atoms with Gasteiger partial charge < -0.3 is 15.0 Å². The minimum Gasteiger partial charge on any atom is -0.444 e. The van der Waals surface area contributed by atoms with E-state index in [0.717, 1.165) is 35.4 Å². The van der Waals surface area contributed by atoms with Gasteiger partial charge >= 0.3 is 6.09 Å². The van der Waals surface area contributed by atoms with Crippen molar-refractivity contribution in [2.75, 3.05) is 25.0 Å². The summed E-state index contributed by atoms with van der Waals surface area (Å²) in [6.45, 7) is 6.81. The van der Waals surface area contributed by atoms with Crippen LogP contribution < -0.4 is 10.2 Å². The highest BCUT2D eigenvalue weighted by Gasteiger charge is 2.36. The Hall–Kier alpha value is -1.83. The molecule has 1 unspecified atom stereocenters. The summed E-state index contributed by atoms with van der Waals surface area (Å²) in [6, 6.07) is 3.73. The average molecular weight is 439 g/mol. The zero-order chi connectivity index (χ0) is 19.8. The maximum absolute atomic E-state index is 13.0. The lowest BCUT2D eigenvalue weighted by atomic mass is 9.97. The molecule has 1 aromatic rings. The number of ether oxygens (including phenoxy) is 1. The standard InChI is InChI=1S/C19H27BrN4O3/c1-19(2,3)27-18(26)24(11-12-5-8-16(25)21-12)14-9-10-23(4)17-13(14)6-7-15(20)22-17/h6-7,12,14H,5,8-11H2,1-4H3,(H,21,25)/t12-,14?/m0/s1. The Labute approximate surface area is 168 Å². The SMILES string of the molecule is CN1CCC(N(C[C@@H]2CCC(=O)N2)C(=O)OC(C)(C)C)c2ccc(Br)nc21. The van der Waals surface area contributed by atoms with E-state index in [1.165, 1.54) is 0 Å². The van der Waals surface area contributed by atoms with Gasteiger partial charge in [-0.05, 0) is 55.6 Å². The van der Waals surface area contributed by atoms with Crippen molar-refractivity contribution in [2.45, 2.75) is 57.7 Å². The van der Waals surface area contributed by atoms with Gasteiger partial charge in [-0.1, -0.05) is 6.07 Å². The summed E-state index contributed by atoms with van der Waals surface area (Å²) in [6.07, 6.45) is 1.67. The lowest BCUT2D eigenvalue weighted by molar-refractivity contribution is -0.119. The Kier molecular flexibility index (Phi) is 5.65. The third-order valence-electron chi connectivity index (χ3n) is 4.84. The number of carbonyl (C=O) groups is 2. The molecule has 2 aliphatic heterocycles. The second kappa shape index (κ2) is 7.66. The monoisotopic (exact) mass is 438 g/mol. The highest BCUT2D eigenvalue weighted by molar-refractivity contribution is 9.10. The second-order valence-corrected chi connectivity index (χ2v) is 9.02. The van der Waals surface area contributed by atoms with Crippen molar-refractivity contribution < 1.29 is 14.3 Å². The van der Waals surface area contributed by atoms with Gasteiger partial charge in [0.1, 0.15) is 16.0 Å². The Balaban J connectivity index is 1.91. The van der Waals surface area contributed by atoms with E-state index in [1.54, 1.807) is 4.90 Å². The minimum absolute atomic E-state index is 0.0403. The zero-order valence-electron chi connectivity index (χ0n) is 16.3. The lowest BCUT2D eigenvalue weighted by Gasteiger charge is -2.40. The van der Waals surface area contributed by atoms with Gasteiger partial charge in [-0.15, -0.1) is 0 Å². The molecule has 3 rings (SSSR count). The average Bonchev–Trinajstić information content (AvgIpc) is 2.97. The van der Waals surface area contributed by atoms with Crippen molar-refractivity contribution in [1.82, 2.24) is 15.2 Å². The number of nitrogens with one attached hydrogen (secondary N) is 1. The molecule has 0 bridgehead atoms. The van der Waals surface area contributed by atoms with Gasteiger partial charge in [-0.2, -0.15) is 0 Å². The first-order chi connectivity index (χ1) is 12.6. The van der Waals surface area contributed by atoms with E-state index in [4.69, 9.17) is 4.74 Å². The van der Waals surface area contributed by atoms with Gasteiger partial charge in [0.25, 0.3) is 0 Å². The van der Waals surface area contributed by atoms with Gasteiger partial charge in [0.05, 0.1) is 6.04 Å². The normalized spacial score (nSPS) is 22.3. The van der Waals surface area contributed by atoms with Crippen LogP contribution in [0.3, 0.4) is 0 Å². The fraction of sp³-hybridized carbons (Fsp3) is 0.632. The first kappa shape index (κ1) is 19.9. The molecule has 1 saturated heterocycles. The van der Waals surface area contributed by atoms with E-state index in [-0.39, 0.29) is 24.1 Å². The minimum atomic E-state index is -0.583. The van der Waals surface area contributed by atoms with E-state index in [1.807, 2.05) is 40.0 Å². The number of pyridine rings is 1. The van der Waals surface area contributed by atoms with E-state index >= 15 is 0 Å². The Morgan fingerprint density at radius 3 is 2.78 bits per heavy atom. The van der Waals surface area contributed by atoms with E-state index in [9.17, 15) is 9.59 Å². The molecule has 1 fully saturated rings. The topological polar surface area (TPSA) is 74.8 Å². The number of amides is 2. The number of nitrogens with zero attached hydrogens (tertiary/aromatic N) is 3. The van der Waals surface area contributed by atoms with E-state index < -0.39 is 5.60 Å². The summed E-state index contributed by atoms with van der Waals surface area (Å²) >= 11 is 3.43. The summed E-state index contributed by atoms with van der Waals surface area (Å²) in [4.78, 5) is 33.1. The summed E-state index contributed by atoms with van der Waals surface area (Å²) in [7, 11) is 2.00. The lowest BCUT2D eigenvalue weighted by Crippen LogP contribution is -2.47. The van der Waals surface area contributed by atoms with Gasteiger partial charge in [0.2, 0.25) is 5.91 Å². The molecule has 148 valence electrons. The van der Waals surface area contributed by atoms with Gasteiger partial charge in [-0.25, -0.2) is 9.78 Å². The van der Waals surface area contributed by atoms with Crippen molar-refractivity contribution in [2.24, 2.45) is 0 Å². The summed E-state index contributed by atoms with van der Waals surface area (Å²) in [5, 5.41) is 2.96. The predicted molar refractivity (Wildman–Crippen MR) is 107 cm³/mol. The smallest absolute Gasteiger partial charge is 0.410 e. The molecule has 8 heteroatoms. The first-order valence-electron chi connectivity index (χ1n) is 9.30. The Morgan fingerprint density at radius 2 is 2.15 bits per heavy atom. The number of anilines is 1. The maximum Gasteiger partial charge on any atom is 0.410 e. The molecule has 1 aromatic heterocycles. The third-order valence-corrected chi connectivity index (χ3v) is 5.28. The molecule has 0 radical (unpaired) electrons. The van der Waals surface area contributed by atoms with Crippen LogP contribution in [0.25, 0.3) is 0 Å². The molecular formula is C19H27BrN4O3. The highest BCUT2D eigenvalue weighted by Crippen LogP contribution is 2.37. The number of carbonyl (C=O) groups excluding carboxylic acids is 2. The molecule has 1 N–H and O–H groups in total. The number of fused-ring (bicyclic) bond motifs is 1. The third kappa shape index (κ3) is 4.72. The first-order valence-corrected chi connectivity index (χ1v) is 10.1. The summed E-state index contributed by atoms with van der Waals surface area (Å²) < 4.78 is 6.45. The van der Waals surface area contributed by atoms with Gasteiger partial charge in [0.15, 0.2) is 0 Å². The van der Waals surface area contributed by atoms with Crippen LogP contribution in [0.4, 0.5) is 10.6 Å². The van der Waals surface area contributed by atoms with Crippen molar-refractivity contribution >= 4 is 33.7 Å². The molecule has 2 aliphatic rings. The number of rotatable bonds is 3. The molecule has 0 aliphatic carbocycles. The molecule has 0 spiro atoms. The van der Waals surface area contributed by atoms with E-state index in [2.05, 4.69) is 31.1 Å². The van der Waals surface area contributed by atoms with Crippen LogP contribution in [0, 0.1) is 0 Å². The number of hydrogen-bond acceptors (Lipinski definition) is 5. The molecule has 2 amide bonds. The van der Waals surface area contributed by atoms with Crippen LogP contribution in [0.15, 0.2) is 16.7 Å². The van der Waals surface area contributed by atoms with Crippen LogP contribution in [0.2, 0.25) is 0 Å². The van der Waals surface area contributed by atoms with Crippen LogP contribution in [-0.2, 0) is 9.53 Å². The maximum atomic E-state index is 13.0. The zero-order valence-corrected chi connectivity index (χ0v) is 17.9. The Morgan fingerprint density at radius 1 is 1.41 bits per heavy atom. The predicted octanol–water partition coefficient (Wildman–Crippen LogP) is 3.24. The highest BCUT2D eigenvalue weighted by atomic mass is 79.9. The summed E-state index contributed by atoms with van der Waals surface area (Å²) in [5.74, 6) is 0.906. The second-order valence-electron chi connectivity index (χ2n) is 8.21. The number of halogens is 1. The molecule has 2 atom stereocenters. The molecule has 3 heterocycles. The van der Waals surface area contributed by atoms with Crippen LogP contribution in [0.1, 0.15) is 51.6 Å². The number of hydrogen-bond donors (Lipinski definition) is 1. The van der Waals surface area contributed by atoms with Crippen LogP contribution in [-0.4, -0.2) is 53.7 Å². The van der Waals surface area contributed by atoms with Crippen LogP contribution in [0.5, 0.6) is 0 Å². The quantitative estimate of drug-likeness (QED) is 0.732. The molecule has 7 nitrogen and oxygen atoms in total. The largest absolute Gasteiger partial charge is 0.444 e. The fourth-order valence-corrected chi connectivity index (χ4v) is 3.90. The molecule has 27 heavy (non-hydrogen) atoms.